The number of hydrogen-bond donors (Lipinski definition) is 2. The Bertz CT molecular complexity index is 867. The van der Waals surface area contributed by atoms with Crippen molar-refractivity contribution in [3.05, 3.63) is 18.2 Å². The predicted molar refractivity (Wildman–Crippen MR) is 106 cm³/mol. The fourth-order valence-corrected chi connectivity index (χ4v) is 3.37. The summed E-state index contributed by atoms with van der Waals surface area (Å²) in [6, 6.07) is 4.89. The molecular formula is C19H24N4O4S. The van der Waals surface area contributed by atoms with Gasteiger partial charge in [-0.05, 0) is 24.1 Å². The van der Waals surface area contributed by atoms with Crippen LogP contribution in [0.3, 0.4) is 0 Å². The number of carbonyl (C=O) groups excluding carboxylic acids is 2. The molecule has 0 radical (unpaired) electrons. The van der Waals surface area contributed by atoms with Crippen LogP contribution in [-0.4, -0.2) is 34.8 Å². The zero-order valence-corrected chi connectivity index (χ0v) is 17.1. The first-order valence-electron chi connectivity index (χ1n) is 9.23. The van der Waals surface area contributed by atoms with E-state index in [4.69, 9.17) is 9.47 Å². The number of rotatable bonds is 7. The molecule has 8 nitrogen and oxygen atoms in total. The third kappa shape index (κ3) is 4.41. The zero-order valence-electron chi connectivity index (χ0n) is 16.3. The van der Waals surface area contributed by atoms with Crippen LogP contribution in [0.2, 0.25) is 0 Å². The molecule has 150 valence electrons. The van der Waals surface area contributed by atoms with E-state index in [0.29, 0.717) is 21.6 Å². The van der Waals surface area contributed by atoms with Crippen LogP contribution >= 0.6 is 11.3 Å². The summed E-state index contributed by atoms with van der Waals surface area (Å²) >= 11 is 1.26. The van der Waals surface area contributed by atoms with Crippen molar-refractivity contribution in [3.63, 3.8) is 0 Å². The number of anilines is 1. The number of ether oxygens (including phenoxy) is 2. The van der Waals surface area contributed by atoms with Crippen molar-refractivity contribution in [2.24, 2.45) is 11.8 Å². The Morgan fingerprint density at radius 3 is 2.61 bits per heavy atom. The molecule has 0 saturated heterocycles. The van der Waals surface area contributed by atoms with E-state index in [-0.39, 0.29) is 30.4 Å². The Morgan fingerprint density at radius 1 is 1.14 bits per heavy atom. The maximum Gasteiger partial charge on any atom is 0.249 e. The van der Waals surface area contributed by atoms with Gasteiger partial charge < -0.3 is 14.8 Å². The van der Waals surface area contributed by atoms with Crippen LogP contribution in [0.4, 0.5) is 5.13 Å². The van der Waals surface area contributed by atoms with Gasteiger partial charge in [-0.3, -0.25) is 14.9 Å². The maximum absolute atomic E-state index is 12.7. The molecule has 3 rings (SSSR count). The van der Waals surface area contributed by atoms with Crippen molar-refractivity contribution in [2.45, 2.75) is 40.2 Å². The third-order valence-corrected chi connectivity index (χ3v) is 5.48. The van der Waals surface area contributed by atoms with Crippen molar-refractivity contribution in [2.75, 3.05) is 12.1 Å². The van der Waals surface area contributed by atoms with Crippen molar-refractivity contribution in [1.82, 2.24) is 15.5 Å². The third-order valence-electron chi connectivity index (χ3n) is 4.59. The van der Waals surface area contributed by atoms with Crippen LogP contribution in [0, 0.1) is 11.8 Å². The number of nitrogens with zero attached hydrogens (tertiary/aromatic N) is 2. The molecule has 1 aliphatic rings. The number of nitrogens with one attached hydrogen (secondary N) is 2. The topological polar surface area (TPSA) is 102 Å². The van der Waals surface area contributed by atoms with E-state index in [1.165, 1.54) is 11.3 Å². The van der Waals surface area contributed by atoms with Crippen LogP contribution < -0.4 is 20.1 Å². The van der Waals surface area contributed by atoms with Gasteiger partial charge >= 0.3 is 0 Å². The second kappa shape index (κ2) is 8.55. The van der Waals surface area contributed by atoms with Crippen molar-refractivity contribution in [1.29, 1.82) is 0 Å². The second-order valence-electron chi connectivity index (χ2n) is 7.00. The van der Waals surface area contributed by atoms with E-state index in [1.54, 1.807) is 13.8 Å². The fraction of sp³-hybridized carbons (Fsp3) is 0.474. The average molecular weight is 404 g/mol. The van der Waals surface area contributed by atoms with E-state index >= 15 is 0 Å². The largest absolute Gasteiger partial charge is 0.454 e. The number of aromatic nitrogens is 2. The number of fused-ring (bicyclic) bond motifs is 1. The molecule has 1 aliphatic heterocycles. The SMILES string of the molecule is CCC(C)C(NC(=O)C(C)C)C(=O)Nc1nnc(-c2ccc3c(c2)OCO3)s1. The highest BCUT2D eigenvalue weighted by atomic mass is 32.1. The van der Waals surface area contributed by atoms with Crippen LogP contribution in [0.15, 0.2) is 18.2 Å². The lowest BCUT2D eigenvalue weighted by Crippen LogP contribution is -2.48. The van der Waals surface area contributed by atoms with Gasteiger partial charge in [-0.25, -0.2) is 0 Å². The Balaban J connectivity index is 1.72. The summed E-state index contributed by atoms with van der Waals surface area (Å²) in [6.07, 6.45) is 0.759. The summed E-state index contributed by atoms with van der Waals surface area (Å²) in [6.45, 7) is 7.71. The van der Waals surface area contributed by atoms with Gasteiger partial charge in [-0.2, -0.15) is 0 Å². The molecule has 2 atom stereocenters. The summed E-state index contributed by atoms with van der Waals surface area (Å²) in [7, 11) is 0. The van der Waals surface area contributed by atoms with Gasteiger partial charge in [0.2, 0.25) is 23.7 Å². The molecule has 2 aromatic rings. The molecule has 0 aliphatic carbocycles. The Labute approximate surface area is 167 Å². The average Bonchev–Trinajstić information content (AvgIpc) is 3.33. The lowest BCUT2D eigenvalue weighted by molar-refractivity contribution is -0.129. The first-order valence-corrected chi connectivity index (χ1v) is 10.1. The lowest BCUT2D eigenvalue weighted by Gasteiger charge is -2.23. The first-order chi connectivity index (χ1) is 13.4. The highest BCUT2D eigenvalue weighted by Gasteiger charge is 2.27. The molecule has 1 aromatic heterocycles. The highest BCUT2D eigenvalue weighted by Crippen LogP contribution is 2.37. The van der Waals surface area contributed by atoms with Crippen LogP contribution in [0.25, 0.3) is 10.6 Å². The minimum atomic E-state index is -0.627. The lowest BCUT2D eigenvalue weighted by atomic mass is 9.97. The maximum atomic E-state index is 12.7. The number of benzene rings is 1. The smallest absolute Gasteiger partial charge is 0.249 e. The van der Waals surface area contributed by atoms with Crippen LogP contribution in [0.1, 0.15) is 34.1 Å². The molecule has 28 heavy (non-hydrogen) atoms. The molecule has 2 N–H and O–H groups in total. The summed E-state index contributed by atoms with van der Waals surface area (Å²) in [5, 5.41) is 14.8. The highest BCUT2D eigenvalue weighted by molar-refractivity contribution is 7.18. The quantitative estimate of drug-likeness (QED) is 0.735. The van der Waals surface area contributed by atoms with Crippen molar-refractivity contribution in [3.8, 4) is 22.1 Å². The van der Waals surface area contributed by atoms with E-state index in [9.17, 15) is 9.59 Å². The van der Waals surface area contributed by atoms with Gasteiger partial charge in [0.05, 0.1) is 0 Å². The predicted octanol–water partition coefficient (Wildman–Crippen LogP) is 3.06. The summed E-state index contributed by atoms with van der Waals surface area (Å²) in [4.78, 5) is 24.8. The number of amides is 2. The van der Waals surface area contributed by atoms with E-state index < -0.39 is 6.04 Å². The second-order valence-corrected chi connectivity index (χ2v) is 7.97. The van der Waals surface area contributed by atoms with E-state index in [0.717, 1.165) is 12.0 Å². The number of carbonyl (C=O) groups is 2. The summed E-state index contributed by atoms with van der Waals surface area (Å²) in [5.74, 6) is 0.698. The molecule has 2 amide bonds. The normalized spacial score (nSPS) is 14.6. The zero-order chi connectivity index (χ0) is 20.3. The monoisotopic (exact) mass is 404 g/mol. The molecule has 0 spiro atoms. The van der Waals surface area contributed by atoms with Crippen LogP contribution in [-0.2, 0) is 9.59 Å². The molecular weight excluding hydrogens is 380 g/mol. The number of hydrogen-bond acceptors (Lipinski definition) is 7. The fourth-order valence-electron chi connectivity index (χ4n) is 2.62. The van der Waals surface area contributed by atoms with E-state index in [2.05, 4.69) is 20.8 Å². The molecule has 0 saturated carbocycles. The van der Waals surface area contributed by atoms with Gasteiger partial charge in [0.25, 0.3) is 0 Å². The van der Waals surface area contributed by atoms with Gasteiger partial charge in [0.1, 0.15) is 11.0 Å². The van der Waals surface area contributed by atoms with Gasteiger partial charge in [-0.1, -0.05) is 45.5 Å². The minimum absolute atomic E-state index is 0.0102. The minimum Gasteiger partial charge on any atom is -0.454 e. The molecule has 9 heteroatoms. The standard InChI is InChI=1S/C19H24N4O4S/c1-5-11(4)15(20-16(24)10(2)3)17(25)21-19-23-22-18(28-19)12-6-7-13-14(8-12)27-9-26-13/h6-8,10-11,15H,5,9H2,1-4H3,(H,20,24)(H,21,23,25). The molecule has 1 aromatic carbocycles. The Kier molecular flexibility index (Phi) is 6.13. The molecule has 2 unspecified atom stereocenters. The van der Waals surface area contributed by atoms with Crippen molar-refractivity contribution >= 4 is 28.3 Å². The summed E-state index contributed by atoms with van der Waals surface area (Å²) in [5.41, 5.74) is 0.828. The first kappa shape index (κ1) is 20.1. The Hall–Kier alpha value is -2.68. The molecule has 0 bridgehead atoms. The van der Waals surface area contributed by atoms with Gasteiger partial charge in [0.15, 0.2) is 11.5 Å². The van der Waals surface area contributed by atoms with E-state index in [1.807, 2.05) is 32.0 Å². The summed E-state index contributed by atoms with van der Waals surface area (Å²) < 4.78 is 10.7. The molecule has 2 heterocycles. The van der Waals surface area contributed by atoms with Crippen molar-refractivity contribution < 1.29 is 19.1 Å². The van der Waals surface area contributed by atoms with Crippen LogP contribution in [0.5, 0.6) is 11.5 Å². The van der Waals surface area contributed by atoms with Gasteiger partial charge in [-0.15, -0.1) is 10.2 Å². The molecule has 0 fully saturated rings. The Morgan fingerprint density at radius 2 is 1.89 bits per heavy atom. The van der Waals surface area contributed by atoms with Gasteiger partial charge in [0, 0.05) is 11.5 Å².